The first-order valence-electron chi connectivity index (χ1n) is 9.83. The van der Waals surface area contributed by atoms with Crippen LogP contribution < -0.4 is 15.0 Å². The topological polar surface area (TPSA) is 58.6 Å². The van der Waals surface area contributed by atoms with Gasteiger partial charge in [0, 0.05) is 12.7 Å². The molecular weight excluding hydrogens is 328 g/mol. The number of rotatable bonds is 2. The minimum atomic E-state index is -0.472. The molecule has 4 fully saturated rings. The number of amides is 2. The molecule has 5 aliphatic rings. The average Bonchev–Trinajstić information content (AvgIpc) is 2.59. The average molecular weight is 354 g/mol. The SMILES string of the molecule is CC1Oc2ccc(NC(=O)C34CC5CC(CC(C5)C3)C4)cc2N(C)C1=O. The summed E-state index contributed by atoms with van der Waals surface area (Å²) in [5.74, 6) is 3.03. The Morgan fingerprint density at radius 1 is 1.15 bits per heavy atom. The maximum absolute atomic E-state index is 13.2. The summed E-state index contributed by atoms with van der Waals surface area (Å²) in [6.45, 7) is 1.75. The lowest BCUT2D eigenvalue weighted by atomic mass is 9.49. The number of ether oxygens (including phenoxy) is 1. The van der Waals surface area contributed by atoms with E-state index in [9.17, 15) is 9.59 Å². The highest BCUT2D eigenvalue weighted by molar-refractivity contribution is 6.01. The number of likely N-dealkylation sites (N-methyl/N-ethyl adjacent to an activating group) is 1. The molecule has 0 aromatic heterocycles. The Bertz CT molecular complexity index is 752. The second-order valence-corrected chi connectivity index (χ2v) is 8.99. The molecule has 1 atom stereocenters. The maximum atomic E-state index is 13.2. The highest BCUT2D eigenvalue weighted by atomic mass is 16.5. The van der Waals surface area contributed by atoms with Gasteiger partial charge in [0.05, 0.1) is 11.1 Å². The Kier molecular flexibility index (Phi) is 3.40. The maximum Gasteiger partial charge on any atom is 0.267 e. The summed E-state index contributed by atoms with van der Waals surface area (Å²) in [6.07, 6.45) is 6.66. The van der Waals surface area contributed by atoms with Gasteiger partial charge in [0.15, 0.2) is 6.10 Å². The minimum Gasteiger partial charge on any atom is -0.479 e. The zero-order valence-corrected chi connectivity index (χ0v) is 15.5. The van der Waals surface area contributed by atoms with Gasteiger partial charge < -0.3 is 15.0 Å². The van der Waals surface area contributed by atoms with Gasteiger partial charge in [-0.15, -0.1) is 0 Å². The standard InChI is InChI=1S/C21H26N2O3/c1-12-19(24)23(2)17-8-16(3-4-18(17)26-12)22-20(25)21-9-13-5-14(10-21)7-15(6-13)11-21/h3-4,8,12-15H,5-7,9-11H2,1-2H3,(H,22,25). The fraction of sp³-hybridized carbons (Fsp3) is 0.619. The smallest absolute Gasteiger partial charge is 0.267 e. The van der Waals surface area contributed by atoms with E-state index in [1.807, 2.05) is 18.2 Å². The molecule has 1 unspecified atom stereocenters. The molecular formula is C21H26N2O3. The molecule has 1 aliphatic heterocycles. The molecule has 0 saturated heterocycles. The van der Waals surface area contributed by atoms with Crippen molar-refractivity contribution in [1.82, 2.24) is 0 Å². The molecule has 1 aromatic rings. The van der Waals surface area contributed by atoms with Crippen LogP contribution in [0.25, 0.3) is 0 Å². The molecule has 5 heteroatoms. The Hall–Kier alpha value is -2.04. The van der Waals surface area contributed by atoms with E-state index < -0.39 is 6.10 Å². The molecule has 6 rings (SSSR count). The van der Waals surface area contributed by atoms with E-state index in [1.165, 1.54) is 19.3 Å². The third kappa shape index (κ3) is 2.36. The number of carbonyl (C=O) groups is 2. The minimum absolute atomic E-state index is 0.0675. The summed E-state index contributed by atoms with van der Waals surface area (Å²) in [4.78, 5) is 27.0. The Morgan fingerprint density at radius 3 is 2.38 bits per heavy atom. The van der Waals surface area contributed by atoms with Crippen molar-refractivity contribution in [1.29, 1.82) is 0 Å². The van der Waals surface area contributed by atoms with Crippen molar-refractivity contribution in [3.63, 3.8) is 0 Å². The summed E-state index contributed by atoms with van der Waals surface area (Å²) < 4.78 is 5.67. The summed E-state index contributed by atoms with van der Waals surface area (Å²) in [5.41, 5.74) is 1.30. The lowest BCUT2D eigenvalue weighted by molar-refractivity contribution is -0.140. The van der Waals surface area contributed by atoms with Crippen LogP contribution in [0.15, 0.2) is 18.2 Å². The van der Waals surface area contributed by atoms with Gasteiger partial charge in [-0.05, 0) is 81.4 Å². The highest BCUT2D eigenvalue weighted by Gasteiger charge is 2.54. The number of carbonyl (C=O) groups excluding carboxylic acids is 2. The first-order chi connectivity index (χ1) is 12.4. The molecule has 2 amide bonds. The van der Waals surface area contributed by atoms with Crippen molar-refractivity contribution in [3.8, 4) is 5.75 Å². The molecule has 138 valence electrons. The third-order valence-electron chi connectivity index (χ3n) is 7.08. The zero-order chi connectivity index (χ0) is 18.1. The fourth-order valence-electron chi connectivity index (χ4n) is 6.24. The van der Waals surface area contributed by atoms with Crippen LogP contribution in [0.1, 0.15) is 45.4 Å². The summed E-state index contributed by atoms with van der Waals surface area (Å²) in [6, 6.07) is 5.59. The van der Waals surface area contributed by atoms with Gasteiger partial charge in [0.2, 0.25) is 5.91 Å². The van der Waals surface area contributed by atoms with E-state index in [-0.39, 0.29) is 17.2 Å². The molecule has 4 bridgehead atoms. The van der Waals surface area contributed by atoms with Crippen molar-refractivity contribution < 1.29 is 14.3 Å². The van der Waals surface area contributed by atoms with Crippen LogP contribution in [0.2, 0.25) is 0 Å². The molecule has 1 heterocycles. The molecule has 5 nitrogen and oxygen atoms in total. The van der Waals surface area contributed by atoms with Gasteiger partial charge in [-0.25, -0.2) is 0 Å². The van der Waals surface area contributed by atoms with E-state index in [0.717, 1.165) is 48.4 Å². The van der Waals surface area contributed by atoms with Crippen LogP contribution in [0, 0.1) is 23.2 Å². The lowest BCUT2D eigenvalue weighted by Crippen LogP contribution is -2.51. The Morgan fingerprint density at radius 2 is 1.77 bits per heavy atom. The van der Waals surface area contributed by atoms with Crippen LogP contribution in [0.5, 0.6) is 5.75 Å². The Balaban J connectivity index is 1.39. The van der Waals surface area contributed by atoms with Gasteiger partial charge in [0.1, 0.15) is 5.75 Å². The van der Waals surface area contributed by atoms with E-state index >= 15 is 0 Å². The number of nitrogens with zero attached hydrogens (tertiary/aromatic N) is 1. The number of benzene rings is 1. The van der Waals surface area contributed by atoms with Gasteiger partial charge in [-0.2, -0.15) is 0 Å². The molecule has 1 N–H and O–H groups in total. The number of anilines is 2. The third-order valence-corrected chi connectivity index (χ3v) is 7.08. The van der Waals surface area contributed by atoms with Crippen LogP contribution in [-0.2, 0) is 9.59 Å². The summed E-state index contributed by atoms with van der Waals surface area (Å²) >= 11 is 0. The van der Waals surface area contributed by atoms with Gasteiger partial charge in [0.25, 0.3) is 5.91 Å². The van der Waals surface area contributed by atoms with Crippen molar-refractivity contribution >= 4 is 23.2 Å². The second kappa shape index (κ2) is 5.48. The van der Waals surface area contributed by atoms with Crippen LogP contribution in [0.3, 0.4) is 0 Å². The van der Waals surface area contributed by atoms with Crippen LogP contribution >= 0.6 is 0 Å². The van der Waals surface area contributed by atoms with Crippen molar-refractivity contribution in [2.45, 2.75) is 51.6 Å². The van der Waals surface area contributed by atoms with Gasteiger partial charge in [-0.1, -0.05) is 0 Å². The largest absolute Gasteiger partial charge is 0.479 e. The number of hydrogen-bond donors (Lipinski definition) is 1. The van der Waals surface area contributed by atoms with Gasteiger partial charge in [-0.3, -0.25) is 9.59 Å². The molecule has 1 aromatic carbocycles. The molecule has 4 saturated carbocycles. The van der Waals surface area contributed by atoms with E-state index in [0.29, 0.717) is 5.75 Å². The molecule has 26 heavy (non-hydrogen) atoms. The normalized spacial score (nSPS) is 37.3. The molecule has 0 spiro atoms. The van der Waals surface area contributed by atoms with Crippen molar-refractivity contribution in [3.05, 3.63) is 18.2 Å². The van der Waals surface area contributed by atoms with Gasteiger partial charge >= 0.3 is 0 Å². The predicted molar refractivity (Wildman–Crippen MR) is 99.2 cm³/mol. The Labute approximate surface area is 154 Å². The lowest BCUT2D eigenvalue weighted by Gasteiger charge is -2.55. The van der Waals surface area contributed by atoms with E-state index in [4.69, 9.17) is 4.74 Å². The second-order valence-electron chi connectivity index (χ2n) is 8.99. The van der Waals surface area contributed by atoms with Crippen LogP contribution in [-0.4, -0.2) is 25.0 Å². The van der Waals surface area contributed by atoms with Crippen molar-refractivity contribution in [2.24, 2.45) is 23.2 Å². The fourth-order valence-corrected chi connectivity index (χ4v) is 6.24. The van der Waals surface area contributed by atoms with E-state index in [2.05, 4.69) is 5.32 Å². The monoisotopic (exact) mass is 354 g/mol. The molecule has 4 aliphatic carbocycles. The number of hydrogen-bond acceptors (Lipinski definition) is 3. The number of fused-ring (bicyclic) bond motifs is 1. The number of nitrogens with one attached hydrogen (secondary N) is 1. The predicted octanol–water partition coefficient (Wildman–Crippen LogP) is 3.59. The molecule has 0 radical (unpaired) electrons. The summed E-state index contributed by atoms with van der Waals surface area (Å²) in [7, 11) is 1.75. The van der Waals surface area contributed by atoms with Crippen molar-refractivity contribution in [2.75, 3.05) is 17.3 Å². The first kappa shape index (κ1) is 16.2. The highest BCUT2D eigenvalue weighted by Crippen LogP contribution is 2.60. The zero-order valence-electron chi connectivity index (χ0n) is 15.5. The first-order valence-corrected chi connectivity index (χ1v) is 9.83. The van der Waals surface area contributed by atoms with Crippen LogP contribution in [0.4, 0.5) is 11.4 Å². The summed E-state index contributed by atoms with van der Waals surface area (Å²) in [5, 5.41) is 3.16. The van der Waals surface area contributed by atoms with E-state index in [1.54, 1.807) is 18.9 Å². The quantitative estimate of drug-likeness (QED) is 0.883.